The van der Waals surface area contributed by atoms with E-state index in [-0.39, 0.29) is 23.9 Å². The van der Waals surface area contributed by atoms with Gasteiger partial charge < -0.3 is 11.1 Å². The summed E-state index contributed by atoms with van der Waals surface area (Å²) in [6.07, 6.45) is 4.69. The van der Waals surface area contributed by atoms with Crippen molar-refractivity contribution in [1.29, 1.82) is 0 Å². The van der Waals surface area contributed by atoms with Crippen LogP contribution >= 0.6 is 0 Å². The highest BCUT2D eigenvalue weighted by Gasteiger charge is 2.30. The van der Waals surface area contributed by atoms with Gasteiger partial charge in [0.1, 0.15) is 0 Å². The molecule has 0 bridgehead atoms. The summed E-state index contributed by atoms with van der Waals surface area (Å²) in [6.45, 7) is 5.52. The predicted octanol–water partition coefficient (Wildman–Crippen LogP) is 0.804. The normalized spacial score (nSPS) is 29.7. The molecule has 13 heavy (non-hydrogen) atoms. The summed E-state index contributed by atoms with van der Waals surface area (Å²) in [6, 6.07) is 0.0947. The standard InChI is InChI=1S/C10H18N2O/c1-3-7(2)12-10(13)8-5-4-6-9(8)11/h3,7-9H,1,4-6,11H2,2H3,(H,12,13)/t7?,8-,9+/m1/s1. The van der Waals surface area contributed by atoms with Gasteiger partial charge in [-0.3, -0.25) is 4.79 Å². The van der Waals surface area contributed by atoms with Crippen LogP contribution in [0.3, 0.4) is 0 Å². The number of amides is 1. The minimum Gasteiger partial charge on any atom is -0.350 e. The van der Waals surface area contributed by atoms with Crippen molar-refractivity contribution in [3.05, 3.63) is 12.7 Å². The molecule has 1 aliphatic carbocycles. The minimum absolute atomic E-state index is 0.0161. The fourth-order valence-electron chi connectivity index (χ4n) is 1.70. The van der Waals surface area contributed by atoms with Gasteiger partial charge in [-0.1, -0.05) is 12.5 Å². The van der Waals surface area contributed by atoms with Crippen LogP contribution in [-0.4, -0.2) is 18.0 Å². The monoisotopic (exact) mass is 182 g/mol. The molecule has 0 radical (unpaired) electrons. The van der Waals surface area contributed by atoms with Crippen LogP contribution in [0.15, 0.2) is 12.7 Å². The summed E-state index contributed by atoms with van der Waals surface area (Å²) in [4.78, 5) is 11.6. The molecule has 3 heteroatoms. The van der Waals surface area contributed by atoms with E-state index in [1.807, 2.05) is 6.92 Å². The molecule has 3 N–H and O–H groups in total. The Labute approximate surface area is 79.4 Å². The molecule has 3 atom stereocenters. The number of carbonyl (C=O) groups is 1. The highest BCUT2D eigenvalue weighted by molar-refractivity contribution is 5.80. The van der Waals surface area contributed by atoms with Crippen molar-refractivity contribution < 1.29 is 4.79 Å². The van der Waals surface area contributed by atoms with Gasteiger partial charge in [0.25, 0.3) is 0 Å². The van der Waals surface area contributed by atoms with Crippen molar-refractivity contribution in [2.24, 2.45) is 11.7 Å². The van der Waals surface area contributed by atoms with Crippen molar-refractivity contribution in [3.8, 4) is 0 Å². The molecule has 0 aromatic heterocycles. The third kappa shape index (κ3) is 2.56. The van der Waals surface area contributed by atoms with E-state index in [4.69, 9.17) is 5.73 Å². The largest absolute Gasteiger partial charge is 0.350 e. The Hall–Kier alpha value is -0.830. The van der Waals surface area contributed by atoms with Crippen LogP contribution in [0.5, 0.6) is 0 Å². The molecule has 1 amide bonds. The van der Waals surface area contributed by atoms with E-state index in [0.29, 0.717) is 0 Å². The number of nitrogens with two attached hydrogens (primary N) is 1. The topological polar surface area (TPSA) is 55.1 Å². The molecule has 0 aliphatic heterocycles. The molecule has 0 spiro atoms. The second-order valence-corrected chi connectivity index (χ2v) is 3.73. The van der Waals surface area contributed by atoms with Crippen LogP contribution in [0.25, 0.3) is 0 Å². The van der Waals surface area contributed by atoms with Crippen LogP contribution in [-0.2, 0) is 4.79 Å². The Bertz CT molecular complexity index is 203. The Morgan fingerprint density at radius 3 is 2.85 bits per heavy atom. The van der Waals surface area contributed by atoms with Gasteiger partial charge in [0.15, 0.2) is 0 Å². The van der Waals surface area contributed by atoms with Crippen molar-refractivity contribution in [2.75, 3.05) is 0 Å². The smallest absolute Gasteiger partial charge is 0.225 e. The molecule has 1 saturated carbocycles. The third-order valence-electron chi connectivity index (χ3n) is 2.63. The molecule has 3 nitrogen and oxygen atoms in total. The zero-order valence-corrected chi connectivity index (χ0v) is 8.12. The molecule has 1 unspecified atom stereocenters. The third-order valence-corrected chi connectivity index (χ3v) is 2.63. The lowest BCUT2D eigenvalue weighted by molar-refractivity contribution is -0.125. The van der Waals surface area contributed by atoms with Gasteiger partial charge in [-0.25, -0.2) is 0 Å². The quantitative estimate of drug-likeness (QED) is 0.634. The van der Waals surface area contributed by atoms with Crippen molar-refractivity contribution >= 4 is 5.91 Å². The van der Waals surface area contributed by atoms with Gasteiger partial charge in [-0.05, 0) is 19.8 Å². The van der Waals surface area contributed by atoms with E-state index in [1.54, 1.807) is 6.08 Å². The average molecular weight is 182 g/mol. The Balaban J connectivity index is 2.42. The van der Waals surface area contributed by atoms with E-state index >= 15 is 0 Å². The summed E-state index contributed by atoms with van der Waals surface area (Å²) in [5, 5.41) is 2.86. The lowest BCUT2D eigenvalue weighted by Gasteiger charge is -2.17. The SMILES string of the molecule is C=CC(C)NC(=O)[C@@H]1CCC[C@@H]1N. The highest BCUT2D eigenvalue weighted by Crippen LogP contribution is 2.23. The maximum atomic E-state index is 11.6. The summed E-state index contributed by atoms with van der Waals surface area (Å²) < 4.78 is 0. The molecular weight excluding hydrogens is 164 g/mol. The van der Waals surface area contributed by atoms with Crippen LogP contribution in [0, 0.1) is 5.92 Å². The predicted molar refractivity (Wildman–Crippen MR) is 53.1 cm³/mol. The molecule has 1 aliphatic rings. The Kier molecular flexibility index (Phi) is 3.48. The van der Waals surface area contributed by atoms with Crippen LogP contribution in [0.1, 0.15) is 26.2 Å². The molecule has 0 aromatic carbocycles. The van der Waals surface area contributed by atoms with Crippen molar-refractivity contribution in [3.63, 3.8) is 0 Å². The van der Waals surface area contributed by atoms with Crippen LogP contribution in [0.4, 0.5) is 0 Å². The summed E-state index contributed by atoms with van der Waals surface area (Å²) in [5.74, 6) is 0.0970. The zero-order valence-electron chi connectivity index (χ0n) is 8.12. The van der Waals surface area contributed by atoms with Crippen molar-refractivity contribution in [1.82, 2.24) is 5.32 Å². The number of hydrogen-bond acceptors (Lipinski definition) is 2. The second-order valence-electron chi connectivity index (χ2n) is 3.73. The summed E-state index contributed by atoms with van der Waals surface area (Å²) in [7, 11) is 0. The molecular formula is C10H18N2O. The molecule has 1 fully saturated rings. The molecule has 74 valence electrons. The average Bonchev–Trinajstić information content (AvgIpc) is 2.51. The lowest BCUT2D eigenvalue weighted by Crippen LogP contribution is -2.41. The second kappa shape index (κ2) is 4.42. The van der Waals surface area contributed by atoms with Crippen LogP contribution < -0.4 is 11.1 Å². The van der Waals surface area contributed by atoms with E-state index in [9.17, 15) is 4.79 Å². The van der Waals surface area contributed by atoms with E-state index in [1.165, 1.54) is 0 Å². The Morgan fingerprint density at radius 1 is 1.69 bits per heavy atom. The van der Waals surface area contributed by atoms with Crippen LogP contribution in [0.2, 0.25) is 0 Å². The molecule has 0 aromatic rings. The van der Waals surface area contributed by atoms with Gasteiger partial charge >= 0.3 is 0 Å². The molecule has 0 heterocycles. The van der Waals surface area contributed by atoms with E-state index in [0.717, 1.165) is 19.3 Å². The number of carbonyl (C=O) groups excluding carboxylic acids is 1. The first-order chi connectivity index (χ1) is 6.15. The maximum absolute atomic E-state index is 11.6. The maximum Gasteiger partial charge on any atom is 0.225 e. The van der Waals surface area contributed by atoms with Gasteiger partial charge in [-0.2, -0.15) is 0 Å². The van der Waals surface area contributed by atoms with Crippen molar-refractivity contribution in [2.45, 2.75) is 38.3 Å². The lowest BCUT2D eigenvalue weighted by atomic mass is 10.0. The first-order valence-corrected chi connectivity index (χ1v) is 4.83. The molecule has 0 saturated heterocycles. The summed E-state index contributed by atoms with van der Waals surface area (Å²) in [5.41, 5.74) is 5.81. The molecule has 1 rings (SSSR count). The van der Waals surface area contributed by atoms with E-state index in [2.05, 4.69) is 11.9 Å². The number of nitrogens with one attached hydrogen (secondary N) is 1. The summed E-state index contributed by atoms with van der Waals surface area (Å²) >= 11 is 0. The fourth-order valence-corrected chi connectivity index (χ4v) is 1.70. The number of hydrogen-bond donors (Lipinski definition) is 2. The minimum atomic E-state index is 0.0161. The zero-order chi connectivity index (χ0) is 9.84. The first-order valence-electron chi connectivity index (χ1n) is 4.83. The van der Waals surface area contributed by atoms with Gasteiger partial charge in [-0.15, -0.1) is 6.58 Å². The number of rotatable bonds is 3. The highest BCUT2D eigenvalue weighted by atomic mass is 16.2. The van der Waals surface area contributed by atoms with Gasteiger partial charge in [0.05, 0.1) is 5.92 Å². The van der Waals surface area contributed by atoms with E-state index < -0.39 is 0 Å². The Morgan fingerprint density at radius 2 is 2.38 bits per heavy atom. The van der Waals surface area contributed by atoms with Gasteiger partial charge in [0, 0.05) is 12.1 Å². The fraction of sp³-hybridized carbons (Fsp3) is 0.700. The first kappa shape index (κ1) is 10.3. The van der Waals surface area contributed by atoms with Gasteiger partial charge in [0.2, 0.25) is 5.91 Å².